The summed E-state index contributed by atoms with van der Waals surface area (Å²) in [5, 5.41) is 2.90. The Morgan fingerprint density at radius 3 is 2.15 bits per heavy atom. The molecule has 2 rings (SSSR count). The molecule has 0 heterocycles. The van der Waals surface area contributed by atoms with Crippen LogP contribution in [0.4, 0.5) is 13.2 Å². The molecule has 0 aliphatic carbocycles. The van der Waals surface area contributed by atoms with Crippen molar-refractivity contribution in [2.45, 2.75) is 6.04 Å². The summed E-state index contributed by atoms with van der Waals surface area (Å²) in [6.07, 6.45) is 0. The number of hydrogen-bond donors (Lipinski definition) is 1. The fourth-order valence-corrected chi connectivity index (χ4v) is 2.66. The lowest BCUT2D eigenvalue weighted by Gasteiger charge is -2.19. The highest BCUT2D eigenvalue weighted by Crippen LogP contribution is 2.30. The van der Waals surface area contributed by atoms with Crippen molar-refractivity contribution in [3.8, 4) is 0 Å². The van der Waals surface area contributed by atoms with Crippen molar-refractivity contribution >= 4 is 31.9 Å². The fraction of sp³-hybridized carbons (Fsp3) is 0.143. The van der Waals surface area contributed by atoms with E-state index in [1.54, 1.807) is 7.05 Å². The normalized spacial score (nSPS) is 12.5. The Bertz CT molecular complexity index is 647. The summed E-state index contributed by atoms with van der Waals surface area (Å²) in [4.78, 5) is 0. The lowest BCUT2D eigenvalue weighted by atomic mass is 9.98. The van der Waals surface area contributed by atoms with Crippen molar-refractivity contribution in [1.82, 2.24) is 5.32 Å². The lowest BCUT2D eigenvalue weighted by Crippen LogP contribution is -2.19. The topological polar surface area (TPSA) is 12.0 Å². The van der Waals surface area contributed by atoms with Gasteiger partial charge in [0.2, 0.25) is 0 Å². The summed E-state index contributed by atoms with van der Waals surface area (Å²) < 4.78 is 41.2. The van der Waals surface area contributed by atoms with Crippen molar-refractivity contribution in [2.75, 3.05) is 7.05 Å². The molecular weight excluding hydrogens is 399 g/mol. The molecule has 0 amide bonds. The van der Waals surface area contributed by atoms with E-state index in [1.165, 1.54) is 18.2 Å². The minimum absolute atomic E-state index is 0.0638. The highest BCUT2D eigenvalue weighted by atomic mass is 79.9. The highest BCUT2D eigenvalue weighted by molar-refractivity contribution is 9.10. The van der Waals surface area contributed by atoms with Crippen molar-refractivity contribution in [1.29, 1.82) is 0 Å². The standard InChI is InChI=1S/C14H10Br2F3N/c1-20-14(7-2-3-11(17)9(15)4-7)8-5-13(19)10(16)6-12(8)18/h2-6,14,20H,1H3. The van der Waals surface area contributed by atoms with Gasteiger partial charge in [-0.1, -0.05) is 6.07 Å². The van der Waals surface area contributed by atoms with E-state index in [2.05, 4.69) is 37.2 Å². The van der Waals surface area contributed by atoms with Gasteiger partial charge in [0.25, 0.3) is 0 Å². The molecule has 6 heteroatoms. The van der Waals surface area contributed by atoms with Crippen LogP contribution in [0.5, 0.6) is 0 Å². The maximum absolute atomic E-state index is 14.0. The van der Waals surface area contributed by atoms with Gasteiger partial charge >= 0.3 is 0 Å². The van der Waals surface area contributed by atoms with Gasteiger partial charge in [-0.25, -0.2) is 13.2 Å². The molecule has 0 aliphatic rings. The molecule has 1 unspecified atom stereocenters. The molecule has 0 spiro atoms. The zero-order valence-corrected chi connectivity index (χ0v) is 13.5. The van der Waals surface area contributed by atoms with E-state index in [0.29, 0.717) is 5.56 Å². The van der Waals surface area contributed by atoms with E-state index in [1.807, 2.05) is 0 Å². The number of benzene rings is 2. The van der Waals surface area contributed by atoms with E-state index in [9.17, 15) is 13.2 Å². The minimum Gasteiger partial charge on any atom is -0.309 e. The van der Waals surface area contributed by atoms with E-state index in [4.69, 9.17) is 0 Å². The summed E-state index contributed by atoms with van der Waals surface area (Å²) >= 11 is 6.02. The lowest BCUT2D eigenvalue weighted by molar-refractivity contribution is 0.553. The van der Waals surface area contributed by atoms with E-state index in [0.717, 1.165) is 12.1 Å². The first kappa shape index (κ1) is 15.5. The third-order valence-corrected chi connectivity index (χ3v) is 4.13. The van der Waals surface area contributed by atoms with Crippen LogP contribution in [0.25, 0.3) is 0 Å². The largest absolute Gasteiger partial charge is 0.309 e. The predicted molar refractivity (Wildman–Crippen MR) is 79.1 cm³/mol. The van der Waals surface area contributed by atoms with Gasteiger partial charge in [-0.15, -0.1) is 0 Å². The summed E-state index contributed by atoms with van der Waals surface area (Å²) in [6, 6.07) is 5.97. The van der Waals surface area contributed by atoms with Crippen molar-refractivity contribution in [3.05, 3.63) is 67.9 Å². The molecule has 0 saturated heterocycles. The van der Waals surface area contributed by atoms with E-state index in [-0.39, 0.29) is 14.5 Å². The van der Waals surface area contributed by atoms with E-state index < -0.39 is 23.5 Å². The second kappa shape index (κ2) is 6.28. The molecule has 0 bridgehead atoms. The number of halogens is 5. The summed E-state index contributed by atoms with van der Waals surface area (Å²) in [5.74, 6) is -1.51. The first-order chi connectivity index (χ1) is 9.43. The average Bonchev–Trinajstić information content (AvgIpc) is 2.40. The van der Waals surface area contributed by atoms with Crippen LogP contribution in [-0.2, 0) is 0 Å². The van der Waals surface area contributed by atoms with E-state index >= 15 is 0 Å². The maximum Gasteiger partial charge on any atom is 0.137 e. The molecule has 0 saturated carbocycles. The first-order valence-corrected chi connectivity index (χ1v) is 7.29. The van der Waals surface area contributed by atoms with Crippen LogP contribution in [0.2, 0.25) is 0 Å². The zero-order valence-electron chi connectivity index (χ0n) is 10.4. The Labute approximate surface area is 131 Å². The molecule has 106 valence electrons. The van der Waals surface area contributed by atoms with Gasteiger partial charge < -0.3 is 5.32 Å². The van der Waals surface area contributed by atoms with Crippen LogP contribution in [0.15, 0.2) is 39.3 Å². The smallest absolute Gasteiger partial charge is 0.137 e. The van der Waals surface area contributed by atoms with Gasteiger partial charge in [0.15, 0.2) is 0 Å². The number of rotatable bonds is 3. The zero-order chi connectivity index (χ0) is 14.9. The van der Waals surface area contributed by atoms with Crippen LogP contribution in [0, 0.1) is 17.5 Å². The molecule has 0 radical (unpaired) electrons. The van der Waals surface area contributed by atoms with Gasteiger partial charge in [-0.3, -0.25) is 0 Å². The van der Waals surface area contributed by atoms with Crippen molar-refractivity contribution in [3.63, 3.8) is 0 Å². The van der Waals surface area contributed by atoms with Crippen LogP contribution in [-0.4, -0.2) is 7.05 Å². The summed E-state index contributed by atoms with van der Waals surface area (Å²) in [7, 11) is 1.63. The second-order valence-electron chi connectivity index (χ2n) is 4.18. The molecule has 20 heavy (non-hydrogen) atoms. The highest BCUT2D eigenvalue weighted by Gasteiger charge is 2.19. The van der Waals surface area contributed by atoms with Gasteiger partial charge in [0, 0.05) is 5.56 Å². The Morgan fingerprint density at radius 2 is 1.55 bits per heavy atom. The van der Waals surface area contributed by atoms with Crippen LogP contribution in [0.3, 0.4) is 0 Å². The van der Waals surface area contributed by atoms with Gasteiger partial charge in [-0.05, 0) is 68.7 Å². The number of hydrogen-bond acceptors (Lipinski definition) is 1. The molecule has 0 aliphatic heterocycles. The fourth-order valence-electron chi connectivity index (χ4n) is 1.95. The Balaban J connectivity index is 2.52. The van der Waals surface area contributed by atoms with Crippen molar-refractivity contribution in [2.24, 2.45) is 0 Å². The third kappa shape index (κ3) is 3.07. The average molecular weight is 409 g/mol. The summed E-state index contributed by atoms with van der Waals surface area (Å²) in [5.41, 5.74) is 0.785. The van der Waals surface area contributed by atoms with Gasteiger partial charge in [0.05, 0.1) is 15.0 Å². The predicted octanol–water partition coefficient (Wildman–Crippen LogP) is 4.94. The maximum atomic E-state index is 14.0. The Kier molecular flexibility index (Phi) is 4.88. The molecule has 0 fully saturated rings. The number of nitrogens with one attached hydrogen (secondary N) is 1. The molecule has 2 aromatic rings. The summed E-state index contributed by atoms with van der Waals surface area (Å²) in [6.45, 7) is 0. The first-order valence-electron chi connectivity index (χ1n) is 5.70. The second-order valence-corrected chi connectivity index (χ2v) is 5.89. The minimum atomic E-state index is -0.575. The monoisotopic (exact) mass is 407 g/mol. The molecule has 1 atom stereocenters. The quantitative estimate of drug-likeness (QED) is 0.709. The molecule has 0 aromatic heterocycles. The third-order valence-electron chi connectivity index (χ3n) is 2.92. The molecule has 2 aromatic carbocycles. The Morgan fingerprint density at radius 1 is 0.900 bits per heavy atom. The van der Waals surface area contributed by atoms with Crippen LogP contribution >= 0.6 is 31.9 Å². The Hall–Kier alpha value is -0.850. The molecule has 1 nitrogen and oxygen atoms in total. The SMILES string of the molecule is CNC(c1ccc(F)c(Br)c1)c1cc(F)c(Br)cc1F. The van der Waals surface area contributed by atoms with Crippen molar-refractivity contribution < 1.29 is 13.2 Å². The molecule has 1 N–H and O–H groups in total. The van der Waals surface area contributed by atoms with Gasteiger partial charge in [-0.2, -0.15) is 0 Å². The van der Waals surface area contributed by atoms with Crippen LogP contribution in [0.1, 0.15) is 17.2 Å². The van der Waals surface area contributed by atoms with Crippen LogP contribution < -0.4 is 5.32 Å². The molecular formula is C14H10Br2F3N. The van der Waals surface area contributed by atoms with Gasteiger partial charge in [0.1, 0.15) is 17.5 Å².